The third-order valence-corrected chi connectivity index (χ3v) is 4.12. The van der Waals surface area contributed by atoms with Gasteiger partial charge in [-0.2, -0.15) is 0 Å². The van der Waals surface area contributed by atoms with Crippen LogP contribution in [-0.2, 0) is 6.54 Å². The maximum absolute atomic E-state index is 5.98. The normalized spacial score (nSPS) is 11.0. The highest BCUT2D eigenvalue weighted by atomic mass is 16.5. The number of para-hydroxylation sites is 4. The van der Waals surface area contributed by atoms with Gasteiger partial charge in [0.1, 0.15) is 6.61 Å². The van der Waals surface area contributed by atoms with Crippen molar-refractivity contribution in [3.8, 4) is 23.1 Å². The van der Waals surface area contributed by atoms with Crippen LogP contribution in [0.3, 0.4) is 0 Å². The molecule has 0 amide bonds. The van der Waals surface area contributed by atoms with Crippen LogP contribution in [0.1, 0.15) is 6.92 Å². The minimum atomic E-state index is 0.498. The van der Waals surface area contributed by atoms with Crippen molar-refractivity contribution in [3.63, 3.8) is 0 Å². The van der Waals surface area contributed by atoms with Crippen molar-refractivity contribution >= 4 is 11.0 Å². The van der Waals surface area contributed by atoms with E-state index < -0.39 is 0 Å². The molecule has 0 fully saturated rings. The zero-order chi connectivity index (χ0) is 17.8. The van der Waals surface area contributed by atoms with Gasteiger partial charge in [0.05, 0.1) is 30.4 Å². The van der Waals surface area contributed by atoms with Crippen molar-refractivity contribution in [1.29, 1.82) is 0 Å². The van der Waals surface area contributed by atoms with Crippen LogP contribution >= 0.6 is 0 Å². The third-order valence-electron chi connectivity index (χ3n) is 4.12. The number of rotatable bonds is 7. The summed E-state index contributed by atoms with van der Waals surface area (Å²) in [7, 11) is 0. The molecule has 132 valence electrons. The highest BCUT2D eigenvalue weighted by Gasteiger charge is 2.14. The quantitative estimate of drug-likeness (QED) is 0.482. The van der Waals surface area contributed by atoms with Gasteiger partial charge in [-0.15, -0.1) is 0 Å². The Hall–Kier alpha value is -3.21. The van der Waals surface area contributed by atoms with Crippen molar-refractivity contribution in [1.82, 2.24) is 9.55 Å². The Morgan fingerprint density at radius 3 is 2.46 bits per heavy atom. The molecule has 0 spiro atoms. The minimum absolute atomic E-state index is 0.498. The number of ether oxygens (including phenoxy) is 2. The monoisotopic (exact) mass is 348 g/mol. The topological polar surface area (TPSA) is 49.4 Å². The second-order valence-corrected chi connectivity index (χ2v) is 5.78. The van der Waals surface area contributed by atoms with Crippen LogP contribution in [0.25, 0.3) is 22.6 Å². The first-order valence-corrected chi connectivity index (χ1v) is 8.70. The number of imidazole rings is 1. The molecule has 2 heterocycles. The lowest BCUT2D eigenvalue weighted by Crippen LogP contribution is -2.10. The van der Waals surface area contributed by atoms with E-state index >= 15 is 0 Å². The van der Waals surface area contributed by atoms with Gasteiger partial charge in [-0.3, -0.25) is 0 Å². The molecule has 0 unspecified atom stereocenters. The second-order valence-electron chi connectivity index (χ2n) is 5.78. The van der Waals surface area contributed by atoms with Crippen LogP contribution < -0.4 is 9.47 Å². The Bertz CT molecular complexity index is 990. The Kier molecular flexibility index (Phi) is 4.60. The maximum Gasteiger partial charge on any atom is 0.177 e. The summed E-state index contributed by atoms with van der Waals surface area (Å²) in [6.07, 6.45) is 1.66. The Labute approximate surface area is 151 Å². The van der Waals surface area contributed by atoms with E-state index in [1.54, 1.807) is 6.26 Å². The van der Waals surface area contributed by atoms with Gasteiger partial charge >= 0.3 is 0 Å². The van der Waals surface area contributed by atoms with Gasteiger partial charge in [0, 0.05) is 0 Å². The average molecular weight is 348 g/mol. The first-order chi connectivity index (χ1) is 12.9. The number of benzene rings is 2. The number of fused-ring (bicyclic) bond motifs is 1. The lowest BCUT2D eigenvalue weighted by atomic mass is 10.3. The summed E-state index contributed by atoms with van der Waals surface area (Å²) < 4.78 is 19.3. The molecule has 4 rings (SSSR count). The van der Waals surface area contributed by atoms with Crippen molar-refractivity contribution < 1.29 is 13.9 Å². The van der Waals surface area contributed by atoms with E-state index in [4.69, 9.17) is 18.9 Å². The van der Waals surface area contributed by atoms with Crippen LogP contribution in [0.15, 0.2) is 71.3 Å². The van der Waals surface area contributed by atoms with E-state index in [2.05, 4.69) is 10.6 Å². The fourth-order valence-corrected chi connectivity index (χ4v) is 2.99. The van der Waals surface area contributed by atoms with Gasteiger partial charge in [0.15, 0.2) is 23.1 Å². The number of furan rings is 1. The summed E-state index contributed by atoms with van der Waals surface area (Å²) in [5.41, 5.74) is 1.99. The molecule has 2 aromatic heterocycles. The predicted molar refractivity (Wildman–Crippen MR) is 101 cm³/mol. The van der Waals surface area contributed by atoms with Gasteiger partial charge in [-0.05, 0) is 43.3 Å². The summed E-state index contributed by atoms with van der Waals surface area (Å²) in [4.78, 5) is 4.72. The van der Waals surface area contributed by atoms with Gasteiger partial charge in [0.2, 0.25) is 0 Å². The largest absolute Gasteiger partial charge is 0.490 e. The summed E-state index contributed by atoms with van der Waals surface area (Å²) in [6, 6.07) is 19.6. The van der Waals surface area contributed by atoms with Crippen molar-refractivity contribution in [3.05, 3.63) is 66.9 Å². The summed E-state index contributed by atoms with van der Waals surface area (Å²) in [5, 5.41) is 0. The van der Waals surface area contributed by atoms with Gasteiger partial charge in [-0.25, -0.2) is 4.98 Å². The predicted octanol–water partition coefficient (Wildman–Crippen LogP) is 4.77. The van der Waals surface area contributed by atoms with E-state index in [1.165, 1.54) is 0 Å². The molecule has 5 heteroatoms. The maximum atomic E-state index is 5.98. The molecule has 0 saturated heterocycles. The van der Waals surface area contributed by atoms with Crippen molar-refractivity contribution in [2.45, 2.75) is 13.5 Å². The van der Waals surface area contributed by atoms with Crippen molar-refractivity contribution in [2.24, 2.45) is 0 Å². The Balaban J connectivity index is 1.59. The molecule has 0 aliphatic carbocycles. The molecule has 0 bridgehead atoms. The fourth-order valence-electron chi connectivity index (χ4n) is 2.99. The van der Waals surface area contributed by atoms with Gasteiger partial charge in [0.25, 0.3) is 0 Å². The smallest absolute Gasteiger partial charge is 0.177 e. The van der Waals surface area contributed by atoms with E-state index in [-0.39, 0.29) is 0 Å². The zero-order valence-corrected chi connectivity index (χ0v) is 14.6. The van der Waals surface area contributed by atoms with Crippen LogP contribution in [0.4, 0.5) is 0 Å². The van der Waals surface area contributed by atoms with Crippen LogP contribution in [-0.4, -0.2) is 22.8 Å². The van der Waals surface area contributed by atoms with E-state index in [0.717, 1.165) is 34.1 Å². The van der Waals surface area contributed by atoms with Crippen LogP contribution in [0.2, 0.25) is 0 Å². The van der Waals surface area contributed by atoms with E-state index in [9.17, 15) is 0 Å². The SMILES string of the molecule is CCOc1ccccc1OCCn1c(-c2ccco2)nc2ccccc21. The summed E-state index contributed by atoms with van der Waals surface area (Å²) in [6.45, 7) is 3.72. The summed E-state index contributed by atoms with van der Waals surface area (Å²) in [5.74, 6) is 3.06. The molecule has 0 N–H and O–H groups in total. The van der Waals surface area contributed by atoms with E-state index in [0.29, 0.717) is 19.8 Å². The van der Waals surface area contributed by atoms with Gasteiger partial charge < -0.3 is 18.5 Å². The average Bonchev–Trinajstić information content (AvgIpc) is 3.31. The minimum Gasteiger partial charge on any atom is -0.490 e. The molecular formula is C21H20N2O3. The molecule has 5 nitrogen and oxygen atoms in total. The molecule has 2 aromatic carbocycles. The zero-order valence-electron chi connectivity index (χ0n) is 14.6. The van der Waals surface area contributed by atoms with Crippen LogP contribution in [0, 0.1) is 0 Å². The fraction of sp³-hybridized carbons (Fsp3) is 0.190. The van der Waals surface area contributed by atoms with Crippen LogP contribution in [0.5, 0.6) is 11.5 Å². The number of aromatic nitrogens is 2. The Morgan fingerprint density at radius 2 is 1.69 bits per heavy atom. The number of nitrogens with zero attached hydrogens (tertiary/aromatic N) is 2. The number of hydrogen-bond acceptors (Lipinski definition) is 4. The van der Waals surface area contributed by atoms with E-state index in [1.807, 2.05) is 61.5 Å². The molecule has 26 heavy (non-hydrogen) atoms. The Morgan fingerprint density at radius 1 is 0.923 bits per heavy atom. The van der Waals surface area contributed by atoms with Gasteiger partial charge in [-0.1, -0.05) is 24.3 Å². The first kappa shape index (κ1) is 16.3. The highest BCUT2D eigenvalue weighted by Crippen LogP contribution is 2.28. The molecule has 0 aliphatic rings. The molecular weight excluding hydrogens is 328 g/mol. The molecule has 4 aromatic rings. The lowest BCUT2D eigenvalue weighted by Gasteiger charge is -2.13. The standard InChI is InChI=1S/C21H20N2O3/c1-2-24-18-10-5-6-11-19(18)26-15-13-23-17-9-4-3-8-16(17)22-21(23)20-12-7-14-25-20/h3-12,14H,2,13,15H2,1H3. The second kappa shape index (κ2) is 7.35. The number of hydrogen-bond donors (Lipinski definition) is 0. The molecule has 0 radical (unpaired) electrons. The first-order valence-electron chi connectivity index (χ1n) is 8.70. The third kappa shape index (κ3) is 3.16. The molecule has 0 atom stereocenters. The highest BCUT2D eigenvalue weighted by molar-refractivity contribution is 5.79. The molecule has 0 saturated carbocycles. The summed E-state index contributed by atoms with van der Waals surface area (Å²) >= 11 is 0. The molecule has 0 aliphatic heterocycles. The lowest BCUT2D eigenvalue weighted by molar-refractivity contribution is 0.268. The van der Waals surface area contributed by atoms with Crippen molar-refractivity contribution in [2.75, 3.05) is 13.2 Å².